The monoisotopic (exact) mass is 287 g/mol. The average molecular weight is 288 g/mol. The number of aryl methyl sites for hydroxylation is 1. The SMILES string of the molecule is COc1ccc2c(c1)C(NCc1cccc(Cl)c1)CC2. The summed E-state index contributed by atoms with van der Waals surface area (Å²) in [6, 6.07) is 14.8. The Morgan fingerprint density at radius 1 is 1.25 bits per heavy atom. The van der Waals surface area contributed by atoms with Crippen LogP contribution in [0.2, 0.25) is 5.02 Å². The Hall–Kier alpha value is -1.51. The van der Waals surface area contributed by atoms with Gasteiger partial charge in [-0.15, -0.1) is 0 Å². The van der Waals surface area contributed by atoms with Gasteiger partial charge in [0.25, 0.3) is 0 Å². The van der Waals surface area contributed by atoms with Gasteiger partial charge in [0, 0.05) is 17.6 Å². The van der Waals surface area contributed by atoms with Gasteiger partial charge in [0.05, 0.1) is 7.11 Å². The lowest BCUT2D eigenvalue weighted by molar-refractivity contribution is 0.413. The summed E-state index contributed by atoms with van der Waals surface area (Å²) in [7, 11) is 1.71. The van der Waals surface area contributed by atoms with Gasteiger partial charge >= 0.3 is 0 Å². The Morgan fingerprint density at radius 2 is 2.15 bits per heavy atom. The molecule has 0 heterocycles. The summed E-state index contributed by atoms with van der Waals surface area (Å²) in [4.78, 5) is 0. The van der Waals surface area contributed by atoms with Crippen molar-refractivity contribution in [1.82, 2.24) is 5.32 Å². The second kappa shape index (κ2) is 5.86. The first-order valence-electron chi connectivity index (χ1n) is 6.91. The Bertz CT molecular complexity index is 612. The highest BCUT2D eigenvalue weighted by Crippen LogP contribution is 2.33. The molecule has 2 nitrogen and oxygen atoms in total. The molecule has 0 saturated heterocycles. The van der Waals surface area contributed by atoms with Crippen molar-refractivity contribution in [2.75, 3.05) is 7.11 Å². The van der Waals surface area contributed by atoms with Crippen LogP contribution in [0.15, 0.2) is 42.5 Å². The number of halogens is 1. The summed E-state index contributed by atoms with van der Waals surface area (Å²) in [5.41, 5.74) is 4.01. The van der Waals surface area contributed by atoms with Gasteiger partial charge in [-0.1, -0.05) is 29.8 Å². The van der Waals surface area contributed by atoms with E-state index in [4.69, 9.17) is 16.3 Å². The zero-order valence-electron chi connectivity index (χ0n) is 11.5. The Balaban J connectivity index is 1.72. The maximum absolute atomic E-state index is 6.02. The van der Waals surface area contributed by atoms with Crippen LogP contribution < -0.4 is 10.1 Å². The maximum Gasteiger partial charge on any atom is 0.119 e. The Kier molecular flexibility index (Phi) is 3.95. The minimum absolute atomic E-state index is 0.402. The Labute approximate surface area is 124 Å². The van der Waals surface area contributed by atoms with E-state index in [-0.39, 0.29) is 0 Å². The molecule has 0 aromatic heterocycles. The molecule has 0 spiro atoms. The third kappa shape index (κ3) is 2.82. The van der Waals surface area contributed by atoms with Crippen molar-refractivity contribution in [2.45, 2.75) is 25.4 Å². The number of hydrogen-bond donors (Lipinski definition) is 1. The van der Waals surface area contributed by atoms with Gasteiger partial charge in [-0.3, -0.25) is 0 Å². The number of ether oxygens (including phenoxy) is 1. The molecular weight excluding hydrogens is 270 g/mol. The molecule has 1 N–H and O–H groups in total. The van der Waals surface area contributed by atoms with E-state index in [1.165, 1.54) is 16.7 Å². The van der Waals surface area contributed by atoms with Crippen molar-refractivity contribution in [3.05, 3.63) is 64.2 Å². The van der Waals surface area contributed by atoms with E-state index >= 15 is 0 Å². The predicted octanol–water partition coefficient (Wildman–Crippen LogP) is 4.13. The van der Waals surface area contributed by atoms with Crippen LogP contribution in [0, 0.1) is 0 Å². The molecule has 20 heavy (non-hydrogen) atoms. The smallest absolute Gasteiger partial charge is 0.119 e. The molecule has 0 amide bonds. The second-order valence-electron chi connectivity index (χ2n) is 5.17. The van der Waals surface area contributed by atoms with E-state index in [2.05, 4.69) is 23.5 Å². The van der Waals surface area contributed by atoms with Crippen LogP contribution in [0.25, 0.3) is 0 Å². The first kappa shape index (κ1) is 13.5. The standard InChI is InChI=1S/C17H18ClNO/c1-20-15-7-5-13-6-8-17(16(13)10-15)19-11-12-3-2-4-14(18)9-12/h2-5,7,9-10,17,19H,6,8,11H2,1H3. The molecule has 0 saturated carbocycles. The molecule has 1 atom stereocenters. The molecule has 1 aliphatic carbocycles. The molecule has 2 aromatic carbocycles. The molecule has 3 rings (SSSR count). The lowest BCUT2D eigenvalue weighted by Gasteiger charge is -2.15. The zero-order valence-corrected chi connectivity index (χ0v) is 12.3. The summed E-state index contributed by atoms with van der Waals surface area (Å²) in [5, 5.41) is 4.41. The van der Waals surface area contributed by atoms with Crippen LogP contribution in [-0.4, -0.2) is 7.11 Å². The number of fused-ring (bicyclic) bond motifs is 1. The highest BCUT2D eigenvalue weighted by atomic mass is 35.5. The predicted molar refractivity (Wildman–Crippen MR) is 82.3 cm³/mol. The van der Waals surface area contributed by atoms with Gasteiger partial charge < -0.3 is 10.1 Å². The maximum atomic E-state index is 6.02. The topological polar surface area (TPSA) is 21.3 Å². The highest BCUT2D eigenvalue weighted by molar-refractivity contribution is 6.30. The van der Waals surface area contributed by atoms with E-state index in [0.717, 1.165) is 30.2 Å². The molecule has 2 aromatic rings. The summed E-state index contributed by atoms with van der Waals surface area (Å²) in [6.07, 6.45) is 2.27. The van der Waals surface area contributed by atoms with Crippen LogP contribution in [-0.2, 0) is 13.0 Å². The first-order valence-corrected chi connectivity index (χ1v) is 7.28. The fourth-order valence-electron chi connectivity index (χ4n) is 2.81. The van der Waals surface area contributed by atoms with Gasteiger partial charge in [-0.2, -0.15) is 0 Å². The summed E-state index contributed by atoms with van der Waals surface area (Å²) < 4.78 is 5.32. The highest BCUT2D eigenvalue weighted by Gasteiger charge is 2.22. The van der Waals surface area contributed by atoms with Crippen molar-refractivity contribution in [2.24, 2.45) is 0 Å². The fourth-order valence-corrected chi connectivity index (χ4v) is 3.02. The van der Waals surface area contributed by atoms with E-state index in [9.17, 15) is 0 Å². The van der Waals surface area contributed by atoms with Crippen LogP contribution in [0.3, 0.4) is 0 Å². The third-order valence-electron chi connectivity index (χ3n) is 3.87. The summed E-state index contributed by atoms with van der Waals surface area (Å²) in [6.45, 7) is 0.835. The van der Waals surface area contributed by atoms with Gasteiger partial charge in [-0.25, -0.2) is 0 Å². The number of rotatable bonds is 4. The van der Waals surface area contributed by atoms with Crippen LogP contribution in [0.1, 0.15) is 29.2 Å². The van der Waals surface area contributed by atoms with Crippen LogP contribution >= 0.6 is 11.6 Å². The zero-order chi connectivity index (χ0) is 13.9. The number of hydrogen-bond acceptors (Lipinski definition) is 2. The van der Waals surface area contributed by atoms with Gasteiger partial charge in [0.1, 0.15) is 5.75 Å². The molecule has 1 unspecified atom stereocenters. The second-order valence-corrected chi connectivity index (χ2v) is 5.60. The average Bonchev–Trinajstić information content (AvgIpc) is 2.87. The number of nitrogens with one attached hydrogen (secondary N) is 1. The molecule has 0 radical (unpaired) electrons. The Morgan fingerprint density at radius 3 is 2.95 bits per heavy atom. The van der Waals surface area contributed by atoms with Crippen molar-refractivity contribution >= 4 is 11.6 Å². The minimum Gasteiger partial charge on any atom is -0.497 e. The molecule has 1 aliphatic rings. The van der Waals surface area contributed by atoms with Crippen LogP contribution in [0.4, 0.5) is 0 Å². The van der Waals surface area contributed by atoms with Gasteiger partial charge in [0.2, 0.25) is 0 Å². The van der Waals surface area contributed by atoms with Crippen LogP contribution in [0.5, 0.6) is 5.75 Å². The normalized spacial score (nSPS) is 17.0. The lowest BCUT2D eigenvalue weighted by Crippen LogP contribution is -2.18. The molecule has 0 fully saturated rings. The van der Waals surface area contributed by atoms with E-state index in [1.54, 1.807) is 7.11 Å². The molecule has 3 heteroatoms. The molecular formula is C17H18ClNO. The number of methoxy groups -OCH3 is 1. The fraction of sp³-hybridized carbons (Fsp3) is 0.294. The van der Waals surface area contributed by atoms with Crippen molar-refractivity contribution in [3.8, 4) is 5.75 Å². The van der Waals surface area contributed by atoms with Gasteiger partial charge in [0.15, 0.2) is 0 Å². The summed E-state index contributed by atoms with van der Waals surface area (Å²) in [5.74, 6) is 0.931. The number of benzene rings is 2. The first-order chi connectivity index (χ1) is 9.76. The van der Waals surface area contributed by atoms with E-state index in [0.29, 0.717) is 6.04 Å². The van der Waals surface area contributed by atoms with Crippen molar-refractivity contribution in [1.29, 1.82) is 0 Å². The van der Waals surface area contributed by atoms with Gasteiger partial charge in [-0.05, 0) is 53.8 Å². The molecule has 0 bridgehead atoms. The quantitative estimate of drug-likeness (QED) is 0.913. The minimum atomic E-state index is 0.402. The van der Waals surface area contributed by atoms with E-state index in [1.807, 2.05) is 24.3 Å². The van der Waals surface area contributed by atoms with E-state index < -0.39 is 0 Å². The van der Waals surface area contributed by atoms with Crippen molar-refractivity contribution in [3.63, 3.8) is 0 Å². The lowest BCUT2D eigenvalue weighted by atomic mass is 10.1. The molecule has 104 valence electrons. The summed E-state index contributed by atoms with van der Waals surface area (Å²) >= 11 is 6.02. The third-order valence-corrected chi connectivity index (χ3v) is 4.11. The largest absolute Gasteiger partial charge is 0.497 e. The van der Waals surface area contributed by atoms with Crippen molar-refractivity contribution < 1.29 is 4.74 Å². The molecule has 0 aliphatic heterocycles.